The number of ether oxygens (including phenoxy) is 1. The summed E-state index contributed by atoms with van der Waals surface area (Å²) in [6.45, 7) is 3.26. The third-order valence-electron chi connectivity index (χ3n) is 6.89. The fraction of sp³-hybridized carbons (Fsp3) is 0.789. The van der Waals surface area contributed by atoms with Gasteiger partial charge in [0.15, 0.2) is 0 Å². The first-order valence-corrected chi connectivity index (χ1v) is 9.40. The molecular formula is C19H28N2O3. The largest absolute Gasteiger partial charge is 0.378 e. The summed E-state index contributed by atoms with van der Waals surface area (Å²) in [6, 6.07) is 0.434. The van der Waals surface area contributed by atoms with E-state index in [0.29, 0.717) is 18.8 Å². The van der Waals surface area contributed by atoms with Gasteiger partial charge < -0.3 is 4.74 Å². The van der Waals surface area contributed by atoms with Crippen LogP contribution in [-0.4, -0.2) is 54.1 Å². The molecule has 4 unspecified atom stereocenters. The number of carbonyl (C=O) groups is 2. The van der Waals surface area contributed by atoms with Crippen LogP contribution in [0.15, 0.2) is 12.2 Å². The van der Waals surface area contributed by atoms with Crippen molar-refractivity contribution in [1.29, 1.82) is 0 Å². The van der Waals surface area contributed by atoms with Gasteiger partial charge in [0.05, 0.1) is 24.6 Å². The molecule has 4 aliphatic rings. The molecule has 0 bridgehead atoms. The third-order valence-corrected chi connectivity index (χ3v) is 6.89. The highest BCUT2D eigenvalue weighted by atomic mass is 16.5. The summed E-state index contributed by atoms with van der Waals surface area (Å²) in [5.41, 5.74) is 0.269. The number of hydrogen-bond acceptors (Lipinski definition) is 4. The lowest BCUT2D eigenvalue weighted by molar-refractivity contribution is -0.204. The Morgan fingerprint density at radius 3 is 2.33 bits per heavy atom. The first kappa shape index (κ1) is 16.3. The summed E-state index contributed by atoms with van der Waals surface area (Å²) in [4.78, 5) is 29.0. The molecule has 5 nitrogen and oxygen atoms in total. The quantitative estimate of drug-likeness (QED) is 0.572. The predicted octanol–water partition coefficient (Wildman–Crippen LogP) is 2.17. The number of imide groups is 1. The average molecular weight is 332 g/mol. The lowest BCUT2D eigenvalue weighted by atomic mass is 9.50. The molecule has 1 heterocycles. The van der Waals surface area contributed by atoms with Crippen LogP contribution in [0.2, 0.25) is 0 Å². The fourth-order valence-electron chi connectivity index (χ4n) is 5.35. The van der Waals surface area contributed by atoms with Crippen molar-refractivity contribution >= 4 is 11.8 Å². The van der Waals surface area contributed by atoms with Crippen LogP contribution in [0, 0.1) is 17.3 Å². The maximum absolute atomic E-state index is 12.6. The SMILES string of the molecule is CCOC1CC(N(C)CN2C(=O)C3CC=CCC3C2=O)C12CCC2. The highest BCUT2D eigenvalue weighted by molar-refractivity contribution is 6.05. The molecule has 1 saturated heterocycles. The average Bonchev–Trinajstić information content (AvgIpc) is 2.75. The Morgan fingerprint density at radius 2 is 1.83 bits per heavy atom. The molecule has 0 N–H and O–H groups in total. The number of likely N-dealkylation sites (tertiary alicyclic amines) is 1. The number of fused-ring (bicyclic) bond motifs is 1. The second-order valence-corrected chi connectivity index (χ2v) is 7.94. The van der Waals surface area contributed by atoms with Crippen LogP contribution in [0.1, 0.15) is 45.4 Å². The first-order chi connectivity index (χ1) is 11.6. The Morgan fingerprint density at radius 1 is 1.21 bits per heavy atom. The van der Waals surface area contributed by atoms with Crippen molar-refractivity contribution in [3.8, 4) is 0 Å². The number of allylic oxidation sites excluding steroid dienone is 2. The van der Waals surface area contributed by atoms with Gasteiger partial charge >= 0.3 is 0 Å². The standard InChI is InChI=1S/C19H28N2O3/c1-3-24-16-11-15(19(16)9-6-10-19)20(2)12-21-17(22)13-7-4-5-8-14(13)18(21)23/h4-5,13-16H,3,6-12H2,1-2H3. The molecule has 3 fully saturated rings. The van der Waals surface area contributed by atoms with Gasteiger partial charge in [0, 0.05) is 18.1 Å². The molecule has 2 amide bonds. The zero-order valence-electron chi connectivity index (χ0n) is 14.7. The topological polar surface area (TPSA) is 49.9 Å². The zero-order valence-corrected chi connectivity index (χ0v) is 14.7. The molecule has 0 radical (unpaired) electrons. The van der Waals surface area contributed by atoms with Crippen LogP contribution in [0.3, 0.4) is 0 Å². The van der Waals surface area contributed by atoms with Crippen LogP contribution in [0.25, 0.3) is 0 Å². The summed E-state index contributed by atoms with van der Waals surface area (Å²) < 4.78 is 5.92. The van der Waals surface area contributed by atoms with E-state index in [1.165, 1.54) is 24.2 Å². The minimum Gasteiger partial charge on any atom is -0.378 e. The first-order valence-electron chi connectivity index (χ1n) is 9.40. The van der Waals surface area contributed by atoms with Crippen molar-refractivity contribution in [3.05, 3.63) is 12.2 Å². The van der Waals surface area contributed by atoms with Crippen molar-refractivity contribution < 1.29 is 14.3 Å². The highest BCUT2D eigenvalue weighted by Crippen LogP contribution is 2.59. The van der Waals surface area contributed by atoms with E-state index in [1.807, 2.05) is 12.2 Å². The van der Waals surface area contributed by atoms with E-state index in [2.05, 4.69) is 18.9 Å². The molecular weight excluding hydrogens is 304 g/mol. The van der Waals surface area contributed by atoms with Crippen LogP contribution in [-0.2, 0) is 14.3 Å². The van der Waals surface area contributed by atoms with Gasteiger partial charge in [-0.3, -0.25) is 19.4 Å². The zero-order chi connectivity index (χ0) is 16.9. The van der Waals surface area contributed by atoms with Crippen molar-refractivity contribution in [3.63, 3.8) is 0 Å². The van der Waals surface area contributed by atoms with E-state index < -0.39 is 0 Å². The molecule has 3 aliphatic carbocycles. The molecule has 1 spiro atoms. The van der Waals surface area contributed by atoms with Gasteiger partial charge in [-0.25, -0.2) is 0 Å². The second kappa shape index (κ2) is 5.95. The Labute approximate surface area is 144 Å². The van der Waals surface area contributed by atoms with Crippen molar-refractivity contribution in [2.24, 2.45) is 17.3 Å². The summed E-state index contributed by atoms with van der Waals surface area (Å²) >= 11 is 0. The Hall–Kier alpha value is -1.20. The smallest absolute Gasteiger partial charge is 0.234 e. The van der Waals surface area contributed by atoms with Crippen LogP contribution < -0.4 is 0 Å². The Kier molecular flexibility index (Phi) is 4.04. The maximum atomic E-state index is 12.6. The predicted molar refractivity (Wildman–Crippen MR) is 89.9 cm³/mol. The molecule has 5 heteroatoms. The van der Waals surface area contributed by atoms with Gasteiger partial charge in [-0.15, -0.1) is 0 Å². The number of amides is 2. The van der Waals surface area contributed by atoms with Crippen LogP contribution >= 0.6 is 0 Å². The van der Waals surface area contributed by atoms with Gasteiger partial charge in [-0.05, 0) is 46.1 Å². The van der Waals surface area contributed by atoms with Gasteiger partial charge in [0.1, 0.15) is 0 Å². The molecule has 4 rings (SSSR count). The summed E-state index contributed by atoms with van der Waals surface area (Å²) in [5.74, 6) is -0.175. The van der Waals surface area contributed by atoms with Gasteiger partial charge in [0.2, 0.25) is 11.8 Å². The van der Waals surface area contributed by atoms with Crippen LogP contribution in [0.5, 0.6) is 0 Å². The van der Waals surface area contributed by atoms with E-state index in [1.54, 1.807) is 0 Å². The lowest BCUT2D eigenvalue weighted by Crippen LogP contribution is -2.68. The molecule has 2 saturated carbocycles. The Bertz CT molecular complexity index is 543. The minimum atomic E-state index is -0.119. The second-order valence-electron chi connectivity index (χ2n) is 7.94. The van der Waals surface area contributed by atoms with Crippen molar-refractivity contribution in [2.45, 2.75) is 57.6 Å². The van der Waals surface area contributed by atoms with Gasteiger partial charge in [-0.1, -0.05) is 18.6 Å². The lowest BCUT2D eigenvalue weighted by Gasteiger charge is -2.63. The molecule has 24 heavy (non-hydrogen) atoms. The molecule has 0 aromatic rings. The summed E-state index contributed by atoms with van der Waals surface area (Å²) in [5, 5.41) is 0. The summed E-state index contributed by atoms with van der Waals surface area (Å²) in [6.07, 6.45) is 10.6. The molecule has 132 valence electrons. The van der Waals surface area contributed by atoms with E-state index in [4.69, 9.17) is 4.74 Å². The highest BCUT2D eigenvalue weighted by Gasteiger charge is 2.60. The van der Waals surface area contributed by atoms with Crippen molar-refractivity contribution in [1.82, 2.24) is 9.80 Å². The molecule has 4 atom stereocenters. The molecule has 0 aromatic heterocycles. The monoisotopic (exact) mass is 332 g/mol. The molecule has 1 aliphatic heterocycles. The van der Waals surface area contributed by atoms with Crippen molar-refractivity contribution in [2.75, 3.05) is 20.3 Å². The third kappa shape index (κ3) is 2.21. The normalized spacial score (nSPS) is 36.9. The minimum absolute atomic E-state index is 0.0320. The summed E-state index contributed by atoms with van der Waals surface area (Å²) in [7, 11) is 2.06. The van der Waals surface area contributed by atoms with Crippen LogP contribution in [0.4, 0.5) is 0 Å². The molecule has 0 aromatic carbocycles. The maximum Gasteiger partial charge on any atom is 0.234 e. The van der Waals surface area contributed by atoms with E-state index in [-0.39, 0.29) is 29.1 Å². The van der Waals surface area contributed by atoms with Gasteiger partial charge in [0.25, 0.3) is 0 Å². The number of rotatable bonds is 5. The number of nitrogens with zero attached hydrogens (tertiary/aromatic N) is 2. The number of carbonyl (C=O) groups excluding carboxylic acids is 2. The fourth-order valence-corrected chi connectivity index (χ4v) is 5.35. The van der Waals surface area contributed by atoms with E-state index >= 15 is 0 Å². The van der Waals surface area contributed by atoms with E-state index in [0.717, 1.165) is 25.9 Å². The Balaban J connectivity index is 1.43. The van der Waals surface area contributed by atoms with E-state index in [9.17, 15) is 9.59 Å². The number of hydrogen-bond donors (Lipinski definition) is 0. The van der Waals surface area contributed by atoms with Gasteiger partial charge in [-0.2, -0.15) is 0 Å².